The lowest BCUT2D eigenvalue weighted by Gasteiger charge is -2.08. The van der Waals surface area contributed by atoms with Crippen molar-refractivity contribution in [2.45, 2.75) is 20.3 Å². The first kappa shape index (κ1) is 12.9. The lowest BCUT2D eigenvalue weighted by molar-refractivity contribution is 0.647. The van der Waals surface area contributed by atoms with Gasteiger partial charge in [0.2, 0.25) is 0 Å². The first-order valence-corrected chi connectivity index (χ1v) is 7.17. The van der Waals surface area contributed by atoms with E-state index >= 15 is 0 Å². The molecule has 0 saturated carbocycles. The molecule has 0 radical (unpaired) electrons. The highest BCUT2D eigenvalue weighted by molar-refractivity contribution is 5.94. The molecule has 0 aliphatic heterocycles. The highest BCUT2D eigenvalue weighted by atomic mass is 14.7. The molecule has 0 atom stereocenters. The van der Waals surface area contributed by atoms with Crippen LogP contribution in [-0.4, -0.2) is 4.98 Å². The smallest absolute Gasteiger partial charge is 0.0780 e. The molecule has 0 aliphatic rings. The quantitative estimate of drug-likeness (QED) is 0.639. The van der Waals surface area contributed by atoms with Crippen LogP contribution in [0.4, 0.5) is 0 Å². The first-order valence-electron chi connectivity index (χ1n) is 7.17. The van der Waals surface area contributed by atoms with E-state index in [1.807, 2.05) is 6.20 Å². The van der Waals surface area contributed by atoms with Gasteiger partial charge in [-0.25, -0.2) is 0 Å². The van der Waals surface area contributed by atoms with Crippen LogP contribution in [0.5, 0.6) is 0 Å². The van der Waals surface area contributed by atoms with Gasteiger partial charge in [0.25, 0.3) is 0 Å². The SMILES string of the molecule is CC(C)Cc1ccc(-c2nccc3ccccc23)cc1. The fourth-order valence-electron chi connectivity index (χ4n) is 2.62. The van der Waals surface area contributed by atoms with Crippen LogP contribution in [0.15, 0.2) is 60.8 Å². The van der Waals surface area contributed by atoms with Crippen molar-refractivity contribution >= 4 is 10.8 Å². The van der Waals surface area contributed by atoms with Crippen molar-refractivity contribution < 1.29 is 0 Å². The van der Waals surface area contributed by atoms with E-state index in [1.54, 1.807) is 0 Å². The summed E-state index contributed by atoms with van der Waals surface area (Å²) in [6.07, 6.45) is 3.02. The topological polar surface area (TPSA) is 12.9 Å². The van der Waals surface area contributed by atoms with Gasteiger partial charge in [0.05, 0.1) is 5.69 Å². The zero-order valence-corrected chi connectivity index (χ0v) is 12.0. The molecule has 1 aromatic heterocycles. The molecule has 0 fully saturated rings. The molecule has 20 heavy (non-hydrogen) atoms. The number of aromatic nitrogens is 1. The Bertz CT molecular complexity index is 706. The minimum Gasteiger partial charge on any atom is -0.256 e. The Hall–Kier alpha value is -2.15. The Balaban J connectivity index is 2.03. The van der Waals surface area contributed by atoms with Gasteiger partial charge in [-0.15, -0.1) is 0 Å². The van der Waals surface area contributed by atoms with Crippen molar-refractivity contribution in [1.82, 2.24) is 4.98 Å². The van der Waals surface area contributed by atoms with E-state index in [0.717, 1.165) is 12.1 Å². The summed E-state index contributed by atoms with van der Waals surface area (Å²) in [6.45, 7) is 4.50. The maximum atomic E-state index is 4.57. The summed E-state index contributed by atoms with van der Waals surface area (Å²) >= 11 is 0. The average molecular weight is 261 g/mol. The maximum absolute atomic E-state index is 4.57. The third-order valence-corrected chi connectivity index (χ3v) is 3.54. The summed E-state index contributed by atoms with van der Waals surface area (Å²) in [6, 6.07) is 19.3. The normalized spacial score (nSPS) is 11.2. The predicted molar refractivity (Wildman–Crippen MR) is 85.7 cm³/mol. The van der Waals surface area contributed by atoms with Crippen molar-refractivity contribution in [3.63, 3.8) is 0 Å². The molecule has 0 spiro atoms. The number of fused-ring (bicyclic) bond motifs is 1. The third kappa shape index (κ3) is 2.57. The van der Waals surface area contributed by atoms with E-state index in [-0.39, 0.29) is 0 Å². The van der Waals surface area contributed by atoms with Crippen LogP contribution in [0, 0.1) is 5.92 Å². The summed E-state index contributed by atoms with van der Waals surface area (Å²) in [4.78, 5) is 4.57. The molecule has 0 bridgehead atoms. The zero-order chi connectivity index (χ0) is 13.9. The minimum atomic E-state index is 0.691. The highest BCUT2D eigenvalue weighted by Crippen LogP contribution is 2.26. The Morgan fingerprint density at radius 2 is 1.65 bits per heavy atom. The van der Waals surface area contributed by atoms with Gasteiger partial charge in [-0.2, -0.15) is 0 Å². The van der Waals surface area contributed by atoms with Crippen molar-refractivity contribution in [2.75, 3.05) is 0 Å². The van der Waals surface area contributed by atoms with Crippen molar-refractivity contribution in [2.24, 2.45) is 5.92 Å². The number of hydrogen-bond donors (Lipinski definition) is 0. The van der Waals surface area contributed by atoms with Gasteiger partial charge < -0.3 is 0 Å². The number of benzene rings is 2. The maximum Gasteiger partial charge on any atom is 0.0780 e. The summed E-state index contributed by atoms with van der Waals surface area (Å²) in [5.74, 6) is 0.691. The Morgan fingerprint density at radius 1 is 0.900 bits per heavy atom. The van der Waals surface area contributed by atoms with E-state index in [9.17, 15) is 0 Å². The first-order chi connectivity index (χ1) is 9.74. The Labute approximate surface area is 120 Å². The molecule has 3 rings (SSSR count). The van der Waals surface area contributed by atoms with Gasteiger partial charge in [0.15, 0.2) is 0 Å². The molecular formula is C19H19N. The number of pyridine rings is 1. The third-order valence-electron chi connectivity index (χ3n) is 3.54. The van der Waals surface area contributed by atoms with E-state index in [0.29, 0.717) is 5.92 Å². The van der Waals surface area contributed by atoms with E-state index in [1.165, 1.54) is 21.9 Å². The van der Waals surface area contributed by atoms with Gasteiger partial charge in [-0.1, -0.05) is 62.4 Å². The van der Waals surface area contributed by atoms with Gasteiger partial charge in [-0.3, -0.25) is 4.98 Å². The van der Waals surface area contributed by atoms with Crippen LogP contribution in [0.1, 0.15) is 19.4 Å². The fraction of sp³-hybridized carbons (Fsp3) is 0.211. The van der Waals surface area contributed by atoms with E-state index in [4.69, 9.17) is 0 Å². The van der Waals surface area contributed by atoms with Crippen LogP contribution < -0.4 is 0 Å². The van der Waals surface area contributed by atoms with Crippen LogP contribution in [-0.2, 0) is 6.42 Å². The van der Waals surface area contributed by atoms with Crippen LogP contribution >= 0.6 is 0 Å². The number of hydrogen-bond acceptors (Lipinski definition) is 1. The van der Waals surface area contributed by atoms with E-state index < -0.39 is 0 Å². The zero-order valence-electron chi connectivity index (χ0n) is 12.0. The summed E-state index contributed by atoms with van der Waals surface area (Å²) in [5, 5.41) is 2.45. The molecule has 100 valence electrons. The van der Waals surface area contributed by atoms with Gasteiger partial charge in [0.1, 0.15) is 0 Å². The molecule has 0 amide bonds. The molecular weight excluding hydrogens is 242 g/mol. The van der Waals surface area contributed by atoms with E-state index in [2.05, 4.69) is 73.4 Å². The summed E-state index contributed by atoms with van der Waals surface area (Å²) in [7, 11) is 0. The minimum absolute atomic E-state index is 0.691. The molecule has 3 aromatic rings. The van der Waals surface area contributed by atoms with Crippen molar-refractivity contribution in [3.05, 3.63) is 66.4 Å². The van der Waals surface area contributed by atoms with Crippen LogP contribution in [0.2, 0.25) is 0 Å². The number of nitrogens with zero attached hydrogens (tertiary/aromatic N) is 1. The number of rotatable bonds is 3. The Morgan fingerprint density at radius 3 is 2.40 bits per heavy atom. The summed E-state index contributed by atoms with van der Waals surface area (Å²) in [5.41, 5.74) is 3.65. The van der Waals surface area contributed by atoms with Crippen molar-refractivity contribution in [3.8, 4) is 11.3 Å². The van der Waals surface area contributed by atoms with Crippen LogP contribution in [0.25, 0.3) is 22.0 Å². The van der Waals surface area contributed by atoms with Crippen molar-refractivity contribution in [1.29, 1.82) is 0 Å². The average Bonchev–Trinajstić information content (AvgIpc) is 2.47. The second-order valence-corrected chi connectivity index (χ2v) is 5.68. The molecule has 0 unspecified atom stereocenters. The molecule has 2 aromatic carbocycles. The highest BCUT2D eigenvalue weighted by Gasteiger charge is 2.05. The summed E-state index contributed by atoms with van der Waals surface area (Å²) < 4.78 is 0. The predicted octanol–water partition coefficient (Wildman–Crippen LogP) is 5.10. The monoisotopic (exact) mass is 261 g/mol. The molecule has 1 heterocycles. The molecule has 1 nitrogen and oxygen atoms in total. The second-order valence-electron chi connectivity index (χ2n) is 5.68. The molecule has 0 N–H and O–H groups in total. The standard InChI is InChI=1S/C19H19N/c1-14(2)13-15-7-9-17(10-8-15)19-18-6-4-3-5-16(18)11-12-20-19/h3-12,14H,13H2,1-2H3. The van der Waals surface area contributed by atoms with Crippen LogP contribution in [0.3, 0.4) is 0 Å². The second kappa shape index (κ2) is 5.46. The fourth-order valence-corrected chi connectivity index (χ4v) is 2.62. The lowest BCUT2D eigenvalue weighted by Crippen LogP contribution is -1.94. The van der Waals surface area contributed by atoms with Gasteiger partial charge in [0, 0.05) is 17.1 Å². The van der Waals surface area contributed by atoms with Gasteiger partial charge >= 0.3 is 0 Å². The van der Waals surface area contributed by atoms with Gasteiger partial charge in [-0.05, 0) is 29.4 Å². The molecule has 1 heteroatoms. The Kier molecular flexibility index (Phi) is 3.51. The molecule has 0 aliphatic carbocycles. The molecule has 0 saturated heterocycles. The largest absolute Gasteiger partial charge is 0.256 e. The lowest BCUT2D eigenvalue weighted by atomic mass is 9.99.